The van der Waals surface area contributed by atoms with Gasteiger partial charge in [0.05, 0.1) is 18.1 Å². The molecule has 0 bridgehead atoms. The van der Waals surface area contributed by atoms with E-state index in [9.17, 15) is 13.2 Å². The van der Waals surface area contributed by atoms with E-state index in [1.807, 2.05) is 6.92 Å². The van der Waals surface area contributed by atoms with Crippen molar-refractivity contribution in [1.82, 2.24) is 14.9 Å². The van der Waals surface area contributed by atoms with E-state index >= 15 is 0 Å². The second-order valence-electron chi connectivity index (χ2n) is 6.43. The fraction of sp³-hybridized carbons (Fsp3) is 0.588. The van der Waals surface area contributed by atoms with Gasteiger partial charge in [-0.2, -0.15) is 4.31 Å². The van der Waals surface area contributed by atoms with E-state index in [1.165, 1.54) is 10.4 Å². The average Bonchev–Trinajstić information content (AvgIpc) is 2.60. The first kappa shape index (κ1) is 21.1. The molecule has 1 amide bonds. The molecule has 1 aromatic rings. The van der Waals surface area contributed by atoms with Gasteiger partial charge in [-0.05, 0) is 24.1 Å². The topological polar surface area (TPSA) is 87.7 Å². The fourth-order valence-electron chi connectivity index (χ4n) is 2.99. The van der Waals surface area contributed by atoms with E-state index in [1.54, 1.807) is 12.1 Å². The fourth-order valence-corrected chi connectivity index (χ4v) is 4.71. The van der Waals surface area contributed by atoms with Gasteiger partial charge >= 0.3 is 0 Å². The molecule has 7 nitrogen and oxygen atoms in total. The van der Waals surface area contributed by atoms with Crippen LogP contribution < -0.4 is 10.6 Å². The number of carbonyl (C=O) groups excluding carboxylic acids is 1. The first-order chi connectivity index (χ1) is 12.0. The minimum atomic E-state index is -3.62. The molecule has 2 heterocycles. The number of sulfonamides is 1. The number of hydrogen-bond donors (Lipinski definition) is 2. The molecule has 26 heavy (non-hydrogen) atoms. The Hall–Kier alpha value is -1.19. The maximum absolute atomic E-state index is 13.0. The third-order valence-electron chi connectivity index (χ3n) is 4.72. The molecule has 0 aliphatic carbocycles. The van der Waals surface area contributed by atoms with Crippen LogP contribution in [0.25, 0.3) is 0 Å². The number of rotatable bonds is 6. The highest BCUT2D eigenvalue weighted by atomic mass is 35.5. The number of halogens is 1. The van der Waals surface area contributed by atoms with Gasteiger partial charge < -0.3 is 15.4 Å². The number of benzene rings is 1. The van der Waals surface area contributed by atoms with E-state index in [0.717, 1.165) is 18.7 Å². The zero-order chi connectivity index (χ0) is 17.9. The number of ether oxygens (including phenoxy) is 1. The molecular weight excluding hydrogens is 378 g/mol. The first-order valence-corrected chi connectivity index (χ1v) is 10.2. The molecule has 2 fully saturated rings. The normalized spacial score (nSPS) is 18.7. The summed E-state index contributed by atoms with van der Waals surface area (Å²) in [6.45, 7) is 5.82. The quantitative estimate of drug-likeness (QED) is 0.727. The number of hydrogen-bond acceptors (Lipinski definition) is 5. The molecule has 2 N–H and O–H groups in total. The van der Waals surface area contributed by atoms with Crippen molar-refractivity contribution in [2.24, 2.45) is 5.92 Å². The Labute approximate surface area is 160 Å². The molecule has 1 aromatic carbocycles. The van der Waals surface area contributed by atoms with Crippen molar-refractivity contribution in [1.29, 1.82) is 0 Å². The molecule has 2 saturated heterocycles. The third-order valence-corrected chi connectivity index (χ3v) is 6.70. The van der Waals surface area contributed by atoms with E-state index in [2.05, 4.69) is 10.6 Å². The summed E-state index contributed by atoms with van der Waals surface area (Å²) in [7, 11) is -3.62. The molecule has 2 aliphatic heterocycles. The predicted molar refractivity (Wildman–Crippen MR) is 101 cm³/mol. The number of aryl methyl sites for hydroxylation is 1. The van der Waals surface area contributed by atoms with Gasteiger partial charge in [-0.15, -0.1) is 12.4 Å². The summed E-state index contributed by atoms with van der Waals surface area (Å²) in [6.07, 6.45) is 0.592. The molecule has 0 radical (unpaired) electrons. The predicted octanol–water partition coefficient (Wildman–Crippen LogP) is 0.641. The summed E-state index contributed by atoms with van der Waals surface area (Å²) < 4.78 is 32.7. The van der Waals surface area contributed by atoms with Crippen LogP contribution in [0.3, 0.4) is 0 Å². The van der Waals surface area contributed by atoms with Crippen LogP contribution in [-0.4, -0.2) is 64.6 Å². The lowest BCUT2D eigenvalue weighted by atomic mass is 10.0. The second kappa shape index (κ2) is 9.14. The summed E-state index contributed by atoms with van der Waals surface area (Å²) >= 11 is 0. The van der Waals surface area contributed by atoms with Crippen molar-refractivity contribution in [2.75, 3.05) is 45.9 Å². The van der Waals surface area contributed by atoms with Gasteiger partial charge in [-0.1, -0.05) is 13.0 Å². The zero-order valence-corrected chi connectivity index (χ0v) is 16.5. The molecule has 0 spiro atoms. The van der Waals surface area contributed by atoms with Crippen LogP contribution in [0.1, 0.15) is 22.8 Å². The summed E-state index contributed by atoms with van der Waals surface area (Å²) in [5.41, 5.74) is 1.11. The Kier molecular flexibility index (Phi) is 7.42. The highest BCUT2D eigenvalue weighted by Gasteiger charge is 2.29. The van der Waals surface area contributed by atoms with E-state index in [4.69, 9.17) is 4.74 Å². The van der Waals surface area contributed by atoms with Crippen LogP contribution in [0.5, 0.6) is 0 Å². The van der Waals surface area contributed by atoms with Crippen LogP contribution in [0.2, 0.25) is 0 Å². The largest absolute Gasteiger partial charge is 0.379 e. The van der Waals surface area contributed by atoms with Crippen LogP contribution in [0.15, 0.2) is 23.1 Å². The Balaban J connectivity index is 0.00000243. The Morgan fingerprint density at radius 3 is 2.58 bits per heavy atom. The lowest BCUT2D eigenvalue weighted by Gasteiger charge is -2.28. The van der Waals surface area contributed by atoms with Gasteiger partial charge in [-0.25, -0.2) is 8.42 Å². The average molecular weight is 404 g/mol. The number of nitrogens with one attached hydrogen (secondary N) is 2. The maximum Gasteiger partial charge on any atom is 0.251 e. The number of amides is 1. The molecule has 3 rings (SSSR count). The Morgan fingerprint density at radius 2 is 2.00 bits per heavy atom. The summed E-state index contributed by atoms with van der Waals surface area (Å²) in [6, 6.07) is 4.96. The molecule has 9 heteroatoms. The van der Waals surface area contributed by atoms with Crippen LogP contribution in [0, 0.1) is 5.92 Å². The lowest BCUT2D eigenvalue weighted by Crippen LogP contribution is -2.48. The molecule has 146 valence electrons. The molecule has 0 aromatic heterocycles. The van der Waals surface area contributed by atoms with Gasteiger partial charge in [0.2, 0.25) is 10.0 Å². The van der Waals surface area contributed by atoms with E-state index in [0.29, 0.717) is 50.8 Å². The van der Waals surface area contributed by atoms with Crippen molar-refractivity contribution in [2.45, 2.75) is 18.2 Å². The van der Waals surface area contributed by atoms with Crippen LogP contribution in [-0.2, 0) is 21.2 Å². The Bertz CT molecular complexity index is 732. The first-order valence-electron chi connectivity index (χ1n) is 8.72. The summed E-state index contributed by atoms with van der Waals surface area (Å²) in [4.78, 5) is 12.6. The number of nitrogens with zero attached hydrogens (tertiary/aromatic N) is 1. The molecule has 0 saturated carbocycles. The SMILES string of the molecule is CCc1ccc(C(=O)NCC2CNC2)cc1S(=O)(=O)N1CCOCC1.Cl. The molecule has 0 atom stereocenters. The standard InChI is InChI=1S/C17H25N3O4S.ClH/c1-2-14-3-4-15(17(21)19-12-13-10-18-11-13)9-16(14)25(22,23)20-5-7-24-8-6-20;/h3-4,9,13,18H,2,5-8,10-12H2,1H3,(H,19,21);1H. The van der Waals surface area contributed by atoms with Crippen molar-refractivity contribution >= 4 is 28.3 Å². The lowest BCUT2D eigenvalue weighted by molar-refractivity contribution is 0.0730. The maximum atomic E-state index is 13.0. The number of morpholine rings is 1. The van der Waals surface area contributed by atoms with Crippen molar-refractivity contribution in [3.63, 3.8) is 0 Å². The monoisotopic (exact) mass is 403 g/mol. The van der Waals surface area contributed by atoms with E-state index in [-0.39, 0.29) is 23.2 Å². The van der Waals surface area contributed by atoms with Crippen molar-refractivity contribution in [3.8, 4) is 0 Å². The third kappa shape index (κ3) is 4.55. The molecule has 0 unspecified atom stereocenters. The molecule has 2 aliphatic rings. The Morgan fingerprint density at radius 1 is 1.31 bits per heavy atom. The van der Waals surface area contributed by atoms with Gasteiger partial charge in [0, 0.05) is 44.2 Å². The van der Waals surface area contributed by atoms with Crippen molar-refractivity contribution < 1.29 is 17.9 Å². The zero-order valence-electron chi connectivity index (χ0n) is 14.9. The van der Waals surface area contributed by atoms with Crippen molar-refractivity contribution in [3.05, 3.63) is 29.3 Å². The summed E-state index contributed by atoms with van der Waals surface area (Å²) in [5, 5.41) is 6.05. The van der Waals surface area contributed by atoms with Gasteiger partial charge in [0.1, 0.15) is 0 Å². The highest BCUT2D eigenvalue weighted by Crippen LogP contribution is 2.23. The van der Waals surface area contributed by atoms with Gasteiger partial charge in [0.15, 0.2) is 0 Å². The highest BCUT2D eigenvalue weighted by molar-refractivity contribution is 7.89. The number of carbonyl (C=O) groups is 1. The molecular formula is C17H26ClN3O4S. The summed E-state index contributed by atoms with van der Waals surface area (Å²) in [5.74, 6) is 0.225. The van der Waals surface area contributed by atoms with Crippen LogP contribution in [0.4, 0.5) is 0 Å². The second-order valence-corrected chi connectivity index (χ2v) is 8.33. The minimum absolute atomic E-state index is 0. The van der Waals surface area contributed by atoms with Gasteiger partial charge in [0.25, 0.3) is 5.91 Å². The van der Waals surface area contributed by atoms with Gasteiger partial charge in [-0.3, -0.25) is 4.79 Å². The van der Waals surface area contributed by atoms with Crippen LogP contribution >= 0.6 is 12.4 Å². The smallest absolute Gasteiger partial charge is 0.251 e. The minimum Gasteiger partial charge on any atom is -0.379 e. The van der Waals surface area contributed by atoms with E-state index < -0.39 is 10.0 Å².